The second-order valence-electron chi connectivity index (χ2n) is 4.84. The van der Waals surface area contributed by atoms with Gasteiger partial charge in [0.1, 0.15) is 0 Å². The van der Waals surface area contributed by atoms with Crippen molar-refractivity contribution in [3.8, 4) is 0 Å². The first kappa shape index (κ1) is 15.5. The summed E-state index contributed by atoms with van der Waals surface area (Å²) in [7, 11) is 1.84. The highest BCUT2D eigenvalue weighted by Crippen LogP contribution is 2.31. The molecule has 0 radical (unpaired) electrons. The predicted molar refractivity (Wildman–Crippen MR) is 85.4 cm³/mol. The molecule has 0 aliphatic heterocycles. The molecule has 118 valence electrons. The van der Waals surface area contributed by atoms with Crippen molar-refractivity contribution in [3.05, 3.63) is 64.5 Å². The molecule has 0 bridgehead atoms. The van der Waals surface area contributed by atoms with Gasteiger partial charge >= 0.3 is 6.18 Å². The zero-order valence-corrected chi connectivity index (χ0v) is 12.9. The van der Waals surface area contributed by atoms with Gasteiger partial charge in [-0.25, -0.2) is 0 Å². The van der Waals surface area contributed by atoms with Gasteiger partial charge in [-0.15, -0.1) is 5.10 Å². The summed E-state index contributed by atoms with van der Waals surface area (Å²) < 4.78 is 41.6. The van der Waals surface area contributed by atoms with Crippen molar-refractivity contribution in [1.29, 1.82) is 0 Å². The summed E-state index contributed by atoms with van der Waals surface area (Å²) in [5.41, 5.74) is 0.273. The number of para-hydroxylation sites is 1. The van der Waals surface area contributed by atoms with Crippen molar-refractivity contribution in [3.63, 3.8) is 0 Å². The average molecular weight is 335 g/mol. The third-order valence-corrected chi connectivity index (χ3v) is 4.42. The van der Waals surface area contributed by atoms with E-state index in [0.717, 1.165) is 22.5 Å². The lowest BCUT2D eigenvalue weighted by atomic mass is 10.1. The molecule has 2 aromatic carbocycles. The van der Waals surface area contributed by atoms with E-state index >= 15 is 0 Å². The lowest BCUT2D eigenvalue weighted by Crippen LogP contribution is -2.10. The molecule has 0 amide bonds. The second-order valence-corrected chi connectivity index (χ2v) is 5.85. The highest BCUT2D eigenvalue weighted by molar-refractivity contribution is 7.16. The van der Waals surface area contributed by atoms with Gasteiger partial charge in [0.25, 0.3) is 0 Å². The van der Waals surface area contributed by atoms with Crippen molar-refractivity contribution < 1.29 is 13.2 Å². The van der Waals surface area contributed by atoms with Crippen molar-refractivity contribution >= 4 is 27.8 Å². The van der Waals surface area contributed by atoms with E-state index in [1.165, 1.54) is 29.5 Å². The Morgan fingerprint density at radius 3 is 2.48 bits per heavy atom. The minimum Gasteiger partial charge on any atom is -0.318 e. The maximum Gasteiger partial charge on any atom is 0.417 e. The number of aryl methyl sites for hydroxylation is 1. The zero-order chi connectivity index (χ0) is 16.4. The van der Waals surface area contributed by atoms with Crippen molar-refractivity contribution in [2.75, 3.05) is 0 Å². The van der Waals surface area contributed by atoms with E-state index in [1.54, 1.807) is 0 Å². The van der Waals surface area contributed by atoms with Crippen molar-refractivity contribution in [2.24, 2.45) is 17.3 Å². The van der Waals surface area contributed by atoms with Crippen LogP contribution in [0.4, 0.5) is 13.2 Å². The topological polar surface area (TPSA) is 29.6 Å². The number of aromatic nitrogens is 1. The standard InChI is InChI=1S/C16H12F3N3S/c1-22-13-8-4-5-9-14(13)23-15(22)21-20-10-11-6-2-3-7-12(11)16(17,18)19/h2-10H,1H3/b20-10+,21-15-. The molecule has 3 aromatic rings. The van der Waals surface area contributed by atoms with Crippen LogP contribution in [0.3, 0.4) is 0 Å². The number of nitrogens with zero attached hydrogens (tertiary/aromatic N) is 3. The van der Waals surface area contributed by atoms with E-state index in [0.29, 0.717) is 4.80 Å². The van der Waals surface area contributed by atoms with Crippen molar-refractivity contribution in [2.45, 2.75) is 6.18 Å². The first-order chi connectivity index (χ1) is 11.0. The van der Waals surface area contributed by atoms with E-state index in [1.807, 2.05) is 35.9 Å². The Morgan fingerprint density at radius 1 is 1.04 bits per heavy atom. The van der Waals surface area contributed by atoms with Gasteiger partial charge in [-0.05, 0) is 18.2 Å². The van der Waals surface area contributed by atoms with E-state index in [4.69, 9.17) is 0 Å². The molecule has 0 atom stereocenters. The zero-order valence-electron chi connectivity index (χ0n) is 12.1. The van der Waals surface area contributed by atoms with E-state index in [2.05, 4.69) is 10.2 Å². The number of rotatable bonds is 2. The highest BCUT2D eigenvalue weighted by atomic mass is 32.1. The Hall–Kier alpha value is -2.41. The van der Waals surface area contributed by atoms with Crippen molar-refractivity contribution in [1.82, 2.24) is 4.57 Å². The quantitative estimate of drug-likeness (QED) is 0.496. The highest BCUT2D eigenvalue weighted by Gasteiger charge is 2.32. The summed E-state index contributed by atoms with van der Waals surface area (Å²) in [6.07, 6.45) is -3.28. The van der Waals surface area contributed by atoms with Gasteiger partial charge < -0.3 is 4.57 Å². The maximum atomic E-state index is 12.9. The van der Waals surface area contributed by atoms with Gasteiger partial charge in [0.05, 0.1) is 22.0 Å². The summed E-state index contributed by atoms with van der Waals surface area (Å²) in [5.74, 6) is 0. The number of thiazole rings is 1. The number of alkyl halides is 3. The Labute approximate surface area is 134 Å². The second kappa shape index (κ2) is 6.00. The van der Waals surface area contributed by atoms with Crippen LogP contribution in [0, 0.1) is 0 Å². The van der Waals surface area contributed by atoms with Gasteiger partial charge in [-0.1, -0.05) is 41.7 Å². The molecule has 0 fully saturated rings. The fourth-order valence-electron chi connectivity index (χ4n) is 2.19. The number of fused-ring (bicyclic) bond motifs is 1. The SMILES string of the molecule is Cn1/c(=N/N=C/c2ccccc2C(F)(F)F)sc2ccccc21. The monoisotopic (exact) mass is 335 g/mol. The number of halogens is 3. The van der Waals surface area contributed by atoms with Gasteiger partial charge in [0, 0.05) is 12.6 Å². The number of benzene rings is 2. The normalized spacial score (nSPS) is 13.3. The molecule has 1 heterocycles. The molecule has 0 aliphatic rings. The molecule has 3 nitrogen and oxygen atoms in total. The number of hydrogen-bond donors (Lipinski definition) is 0. The molecule has 0 aliphatic carbocycles. The Morgan fingerprint density at radius 2 is 1.74 bits per heavy atom. The van der Waals surface area contributed by atoms with E-state index in [-0.39, 0.29) is 5.56 Å². The molecule has 1 aromatic heterocycles. The molecule has 0 spiro atoms. The van der Waals surface area contributed by atoms with E-state index in [9.17, 15) is 13.2 Å². The molecular weight excluding hydrogens is 323 g/mol. The smallest absolute Gasteiger partial charge is 0.318 e. The third kappa shape index (κ3) is 3.19. The van der Waals surface area contributed by atoms with Crippen LogP contribution in [0.15, 0.2) is 58.7 Å². The van der Waals surface area contributed by atoms with Gasteiger partial charge in [0.15, 0.2) is 0 Å². The van der Waals surface area contributed by atoms with Crippen LogP contribution in [0.25, 0.3) is 10.2 Å². The maximum absolute atomic E-state index is 12.9. The Bertz CT molecular complexity index is 935. The van der Waals surface area contributed by atoms with Gasteiger partial charge in [0.2, 0.25) is 4.80 Å². The first-order valence-electron chi connectivity index (χ1n) is 6.74. The molecule has 7 heteroatoms. The van der Waals surface area contributed by atoms with Crippen LogP contribution in [-0.4, -0.2) is 10.8 Å². The molecular formula is C16H12F3N3S. The summed E-state index contributed by atoms with van der Waals surface area (Å²) in [6.45, 7) is 0. The molecule has 0 unspecified atom stereocenters. The molecule has 0 saturated carbocycles. The lowest BCUT2D eigenvalue weighted by Gasteiger charge is -2.08. The molecule has 23 heavy (non-hydrogen) atoms. The summed E-state index contributed by atoms with van der Waals surface area (Å²) in [5, 5.41) is 7.88. The largest absolute Gasteiger partial charge is 0.417 e. The fourth-order valence-corrected chi connectivity index (χ4v) is 3.16. The summed E-state index contributed by atoms with van der Waals surface area (Å²) in [6, 6.07) is 13.0. The third-order valence-electron chi connectivity index (χ3n) is 3.32. The lowest BCUT2D eigenvalue weighted by molar-refractivity contribution is -0.137. The fraction of sp³-hybridized carbons (Fsp3) is 0.125. The van der Waals surface area contributed by atoms with Crippen LogP contribution in [0.5, 0.6) is 0 Å². The first-order valence-corrected chi connectivity index (χ1v) is 7.56. The van der Waals surface area contributed by atoms with Crippen LogP contribution >= 0.6 is 11.3 Å². The van der Waals surface area contributed by atoms with Crippen LogP contribution in [-0.2, 0) is 13.2 Å². The molecule has 0 N–H and O–H groups in total. The van der Waals surface area contributed by atoms with E-state index < -0.39 is 11.7 Å². The Balaban J connectivity index is 1.99. The molecule has 0 saturated heterocycles. The predicted octanol–water partition coefficient (Wildman–Crippen LogP) is 4.19. The summed E-state index contributed by atoms with van der Waals surface area (Å²) in [4.78, 5) is 0.618. The minimum absolute atomic E-state index is 0.00693. The minimum atomic E-state index is -4.41. The molecule has 3 rings (SSSR count). The number of hydrogen-bond acceptors (Lipinski definition) is 3. The summed E-state index contributed by atoms with van der Waals surface area (Å²) >= 11 is 1.43. The van der Waals surface area contributed by atoms with Gasteiger partial charge in [-0.3, -0.25) is 0 Å². The van der Waals surface area contributed by atoms with Crippen LogP contribution in [0.1, 0.15) is 11.1 Å². The van der Waals surface area contributed by atoms with Crippen LogP contribution < -0.4 is 4.80 Å². The Kier molecular flexibility index (Phi) is 4.04. The average Bonchev–Trinajstić information content (AvgIpc) is 2.84. The van der Waals surface area contributed by atoms with Gasteiger partial charge in [-0.2, -0.15) is 18.3 Å². The van der Waals surface area contributed by atoms with Crippen LogP contribution in [0.2, 0.25) is 0 Å².